The van der Waals surface area contributed by atoms with Crippen molar-refractivity contribution >= 4 is 29.2 Å². The lowest BCUT2D eigenvalue weighted by Gasteiger charge is -2.39. The molecular weight excluding hydrogens is 496 g/mol. The number of carbonyl (C=O) groups excluding carboxylic acids is 2. The fourth-order valence-electron chi connectivity index (χ4n) is 5.82. The summed E-state index contributed by atoms with van der Waals surface area (Å²) in [5.41, 5.74) is 5.55. The van der Waals surface area contributed by atoms with Crippen molar-refractivity contribution in [1.82, 2.24) is 15.1 Å². The molecule has 2 fully saturated rings. The quantitative estimate of drug-likeness (QED) is 0.358. The van der Waals surface area contributed by atoms with Crippen LogP contribution in [0.3, 0.4) is 0 Å². The molecule has 7 nitrogen and oxygen atoms in total. The lowest BCUT2D eigenvalue weighted by Crippen LogP contribution is -2.39. The van der Waals surface area contributed by atoms with Crippen molar-refractivity contribution in [3.05, 3.63) is 52.7 Å². The molecule has 2 amide bonds. The van der Waals surface area contributed by atoms with E-state index in [9.17, 15) is 9.59 Å². The first-order valence-corrected chi connectivity index (χ1v) is 14.4. The molecule has 2 aromatic heterocycles. The first-order chi connectivity index (χ1) is 18.4. The minimum Gasteiger partial charge on any atom is -0.453 e. The van der Waals surface area contributed by atoms with E-state index in [-0.39, 0.29) is 24.0 Å². The van der Waals surface area contributed by atoms with Crippen LogP contribution in [0.2, 0.25) is 0 Å². The Labute approximate surface area is 228 Å². The highest BCUT2D eigenvalue weighted by molar-refractivity contribution is 7.08. The number of carbonyl (C=O) groups is 2. The molecule has 0 atom stereocenters. The molecule has 0 radical (unpaired) electrons. The van der Waals surface area contributed by atoms with Crippen LogP contribution in [0, 0.1) is 5.92 Å². The van der Waals surface area contributed by atoms with Crippen molar-refractivity contribution in [1.29, 1.82) is 0 Å². The number of nitrogens with one attached hydrogen (secondary N) is 1. The van der Waals surface area contributed by atoms with Gasteiger partial charge in [0.1, 0.15) is 5.69 Å². The molecule has 0 spiro atoms. The second kappa shape index (κ2) is 11.2. The third kappa shape index (κ3) is 5.60. The third-order valence-corrected chi connectivity index (χ3v) is 9.19. The summed E-state index contributed by atoms with van der Waals surface area (Å²) in [6.45, 7) is 2.34. The van der Waals surface area contributed by atoms with E-state index in [2.05, 4.69) is 58.1 Å². The number of aromatic nitrogens is 2. The second-order valence-corrected chi connectivity index (χ2v) is 11.8. The van der Waals surface area contributed by atoms with Gasteiger partial charge in [-0.1, -0.05) is 37.6 Å². The molecular formula is C30H36N4O3S. The van der Waals surface area contributed by atoms with Crippen LogP contribution in [-0.2, 0) is 14.9 Å². The maximum Gasteiger partial charge on any atom is 0.409 e. The van der Waals surface area contributed by atoms with Gasteiger partial charge >= 0.3 is 6.09 Å². The summed E-state index contributed by atoms with van der Waals surface area (Å²) in [6, 6.07) is 12.9. The number of anilines is 1. The van der Waals surface area contributed by atoms with Crippen molar-refractivity contribution in [2.75, 3.05) is 19.5 Å². The monoisotopic (exact) mass is 532 g/mol. The van der Waals surface area contributed by atoms with E-state index in [1.165, 1.54) is 31.9 Å². The molecule has 3 aromatic rings. The average Bonchev–Trinajstić information content (AvgIpc) is 3.46. The van der Waals surface area contributed by atoms with Gasteiger partial charge in [-0.3, -0.25) is 4.79 Å². The summed E-state index contributed by atoms with van der Waals surface area (Å²) in [5, 5.41) is 16.1. The first-order valence-electron chi connectivity index (χ1n) is 13.5. The van der Waals surface area contributed by atoms with Gasteiger partial charge in [0.25, 0.3) is 0 Å². The van der Waals surface area contributed by atoms with E-state index in [0.717, 1.165) is 48.1 Å². The van der Waals surface area contributed by atoms with Crippen molar-refractivity contribution in [3.8, 4) is 22.4 Å². The van der Waals surface area contributed by atoms with Crippen LogP contribution in [0.1, 0.15) is 63.9 Å². The highest BCUT2D eigenvalue weighted by Crippen LogP contribution is 2.44. The highest BCUT2D eigenvalue weighted by Gasteiger charge is 2.33. The molecule has 1 N–H and O–H groups in total. The summed E-state index contributed by atoms with van der Waals surface area (Å²) in [6.07, 6.45) is 7.46. The smallest absolute Gasteiger partial charge is 0.409 e. The lowest BCUT2D eigenvalue weighted by atomic mass is 9.66. The average molecular weight is 533 g/mol. The fraction of sp³-hybridized carbons (Fsp3) is 0.467. The zero-order valence-corrected chi connectivity index (χ0v) is 23.2. The number of hydrogen-bond acceptors (Lipinski definition) is 6. The normalized spacial score (nSPS) is 20.3. The zero-order valence-electron chi connectivity index (χ0n) is 22.4. The predicted octanol–water partition coefficient (Wildman–Crippen LogP) is 6.90. The number of hydrogen-bond donors (Lipinski definition) is 1. The van der Waals surface area contributed by atoms with E-state index in [1.54, 1.807) is 23.3 Å². The predicted molar refractivity (Wildman–Crippen MR) is 151 cm³/mol. The van der Waals surface area contributed by atoms with E-state index in [0.29, 0.717) is 17.7 Å². The minimum absolute atomic E-state index is 0.0498. The first kappa shape index (κ1) is 26.4. The summed E-state index contributed by atoms with van der Waals surface area (Å²) < 4.78 is 4.83. The Hall–Kier alpha value is -3.26. The maximum atomic E-state index is 12.9. The van der Waals surface area contributed by atoms with Gasteiger partial charge in [-0.15, -0.1) is 10.2 Å². The fourth-order valence-corrected chi connectivity index (χ4v) is 6.47. The maximum absolute atomic E-state index is 12.9. The standard InChI is InChI=1S/C30H36N4O3S/c1-30(14-4-15-30)23-9-7-21(8-10-23)28-25(22-13-16-38-19-22)18-26(32-33-28)31-27(35)17-20-5-11-24(12-6-20)34(2)29(36)37-3/h7-10,13,16,18-20,24H,4-6,11-12,14-15,17H2,1-3H3,(H,31,32,35)/t20-,24-. The SMILES string of the molecule is COC(=O)N(C)[C@H]1CC[C@H](CC(=O)Nc2cc(-c3ccsc3)c(-c3ccc(C4(C)CCC4)cc3)nn2)CC1. The number of rotatable bonds is 7. The van der Waals surface area contributed by atoms with Gasteiger partial charge in [0.15, 0.2) is 5.82 Å². The molecule has 200 valence electrons. The van der Waals surface area contributed by atoms with Gasteiger partial charge in [0.05, 0.1) is 7.11 Å². The Balaban J connectivity index is 1.26. The summed E-state index contributed by atoms with van der Waals surface area (Å²) >= 11 is 1.64. The van der Waals surface area contributed by atoms with Crippen molar-refractivity contribution in [3.63, 3.8) is 0 Å². The Morgan fingerprint density at radius 1 is 1.08 bits per heavy atom. The lowest BCUT2D eigenvalue weighted by molar-refractivity contribution is -0.117. The number of ether oxygens (including phenoxy) is 1. The van der Waals surface area contributed by atoms with Crippen LogP contribution in [-0.4, -0.2) is 47.3 Å². The highest BCUT2D eigenvalue weighted by atomic mass is 32.1. The van der Waals surface area contributed by atoms with Gasteiger partial charge in [-0.25, -0.2) is 4.79 Å². The topological polar surface area (TPSA) is 84.4 Å². The second-order valence-electron chi connectivity index (χ2n) is 11.0. The van der Waals surface area contributed by atoms with Crippen LogP contribution in [0.5, 0.6) is 0 Å². The largest absolute Gasteiger partial charge is 0.453 e. The van der Waals surface area contributed by atoms with E-state index in [1.807, 2.05) is 11.4 Å². The van der Waals surface area contributed by atoms with Crippen LogP contribution in [0.25, 0.3) is 22.4 Å². The molecule has 0 bridgehead atoms. The molecule has 2 aliphatic rings. The molecule has 38 heavy (non-hydrogen) atoms. The number of benzene rings is 1. The molecule has 0 saturated heterocycles. The summed E-state index contributed by atoms with van der Waals surface area (Å²) in [4.78, 5) is 26.4. The van der Waals surface area contributed by atoms with Gasteiger partial charge in [0.2, 0.25) is 5.91 Å². The molecule has 1 aromatic carbocycles. The van der Waals surface area contributed by atoms with Crippen molar-refractivity contribution in [2.45, 2.75) is 69.7 Å². The van der Waals surface area contributed by atoms with Gasteiger partial charge in [0, 0.05) is 30.6 Å². The van der Waals surface area contributed by atoms with Crippen LogP contribution in [0.15, 0.2) is 47.2 Å². The molecule has 8 heteroatoms. The summed E-state index contributed by atoms with van der Waals surface area (Å²) in [5.74, 6) is 0.709. The Morgan fingerprint density at radius 3 is 2.42 bits per heavy atom. The van der Waals surface area contributed by atoms with Crippen LogP contribution < -0.4 is 5.32 Å². The van der Waals surface area contributed by atoms with Gasteiger partial charge in [-0.2, -0.15) is 11.3 Å². The van der Waals surface area contributed by atoms with E-state index in [4.69, 9.17) is 4.74 Å². The summed E-state index contributed by atoms with van der Waals surface area (Å²) in [7, 11) is 3.18. The van der Waals surface area contributed by atoms with Crippen molar-refractivity contribution < 1.29 is 14.3 Å². The Bertz CT molecular complexity index is 1260. The third-order valence-electron chi connectivity index (χ3n) is 8.51. The van der Waals surface area contributed by atoms with E-state index >= 15 is 0 Å². The van der Waals surface area contributed by atoms with E-state index < -0.39 is 0 Å². The molecule has 2 aliphatic carbocycles. The minimum atomic E-state index is -0.307. The Morgan fingerprint density at radius 2 is 1.82 bits per heavy atom. The number of nitrogens with zero attached hydrogens (tertiary/aromatic N) is 3. The van der Waals surface area contributed by atoms with Gasteiger partial charge < -0.3 is 15.0 Å². The molecule has 2 heterocycles. The number of amides is 2. The zero-order chi connectivity index (χ0) is 26.7. The molecule has 0 aliphatic heterocycles. The van der Waals surface area contributed by atoms with Gasteiger partial charge in [-0.05, 0) is 83.9 Å². The van der Waals surface area contributed by atoms with Crippen LogP contribution >= 0.6 is 11.3 Å². The molecule has 5 rings (SSSR count). The molecule has 2 saturated carbocycles. The molecule has 0 unspecified atom stereocenters. The Kier molecular flexibility index (Phi) is 7.79. The van der Waals surface area contributed by atoms with Crippen molar-refractivity contribution in [2.24, 2.45) is 5.92 Å². The number of methoxy groups -OCH3 is 1. The van der Waals surface area contributed by atoms with Crippen LogP contribution in [0.4, 0.5) is 10.6 Å². The number of thiophene rings is 1.